The van der Waals surface area contributed by atoms with Crippen LogP contribution in [0.15, 0.2) is 36.4 Å². The highest BCUT2D eigenvalue weighted by molar-refractivity contribution is 5.94. The van der Waals surface area contributed by atoms with Crippen LogP contribution < -0.4 is 24.8 Å². The summed E-state index contributed by atoms with van der Waals surface area (Å²) in [6.45, 7) is 1.25. The monoisotopic (exact) mass is 415 g/mol. The van der Waals surface area contributed by atoms with Gasteiger partial charge in [0.25, 0.3) is 5.91 Å². The third-order valence-electron chi connectivity index (χ3n) is 4.56. The molecular weight excluding hydrogens is 386 g/mol. The lowest BCUT2D eigenvalue weighted by Gasteiger charge is -2.17. The fraction of sp³-hybridized carbons (Fsp3) is 0.364. The third-order valence-corrected chi connectivity index (χ3v) is 4.56. The van der Waals surface area contributed by atoms with Crippen LogP contribution in [0.2, 0.25) is 0 Å². The summed E-state index contributed by atoms with van der Waals surface area (Å²) in [7, 11) is 8.13. The number of anilines is 1. The van der Waals surface area contributed by atoms with E-state index in [1.165, 1.54) is 21.3 Å². The van der Waals surface area contributed by atoms with E-state index >= 15 is 0 Å². The van der Waals surface area contributed by atoms with Crippen LogP contribution >= 0.6 is 0 Å². The molecule has 0 saturated heterocycles. The molecule has 0 heterocycles. The summed E-state index contributed by atoms with van der Waals surface area (Å²) in [4.78, 5) is 26.0. The Balaban J connectivity index is 1.90. The van der Waals surface area contributed by atoms with Crippen LogP contribution in [0.25, 0.3) is 0 Å². The van der Waals surface area contributed by atoms with Gasteiger partial charge >= 0.3 is 0 Å². The number of rotatable bonds is 10. The van der Waals surface area contributed by atoms with Crippen LogP contribution in [0.4, 0.5) is 5.69 Å². The minimum Gasteiger partial charge on any atom is -0.493 e. The van der Waals surface area contributed by atoms with Crippen molar-refractivity contribution in [3.63, 3.8) is 0 Å². The molecule has 8 heteroatoms. The van der Waals surface area contributed by atoms with Crippen LogP contribution in [0.3, 0.4) is 0 Å². The SMILES string of the molecule is CNC(=O)c1ccc(CN(C)CCC(=O)Nc2cc(OC)c(OC)c(OC)c2)cc1. The minimum absolute atomic E-state index is 0.113. The molecule has 0 aliphatic carbocycles. The Hall–Kier alpha value is -3.26. The number of ether oxygens (including phenoxy) is 3. The Morgan fingerprint density at radius 1 is 0.967 bits per heavy atom. The second-order valence-corrected chi connectivity index (χ2v) is 6.73. The second kappa shape index (κ2) is 11.1. The normalized spacial score (nSPS) is 10.5. The molecule has 162 valence electrons. The number of benzene rings is 2. The Morgan fingerprint density at radius 3 is 2.07 bits per heavy atom. The molecule has 2 rings (SSSR count). The molecule has 2 amide bonds. The van der Waals surface area contributed by atoms with Crippen LogP contribution in [-0.4, -0.2) is 58.7 Å². The van der Waals surface area contributed by atoms with Crippen molar-refractivity contribution in [3.8, 4) is 17.2 Å². The molecule has 0 fully saturated rings. The average Bonchev–Trinajstić information content (AvgIpc) is 2.76. The highest BCUT2D eigenvalue weighted by Crippen LogP contribution is 2.39. The molecule has 8 nitrogen and oxygen atoms in total. The molecule has 30 heavy (non-hydrogen) atoms. The zero-order valence-electron chi connectivity index (χ0n) is 18.1. The summed E-state index contributed by atoms with van der Waals surface area (Å²) >= 11 is 0. The van der Waals surface area contributed by atoms with Gasteiger partial charge in [-0.15, -0.1) is 0 Å². The summed E-state index contributed by atoms with van der Waals surface area (Å²) in [6, 6.07) is 10.8. The third kappa shape index (κ3) is 6.12. The maximum absolute atomic E-state index is 12.4. The summed E-state index contributed by atoms with van der Waals surface area (Å²) in [6.07, 6.45) is 0.323. The number of nitrogens with zero attached hydrogens (tertiary/aromatic N) is 1. The van der Waals surface area contributed by atoms with E-state index in [2.05, 4.69) is 10.6 Å². The van der Waals surface area contributed by atoms with Gasteiger partial charge in [-0.3, -0.25) is 9.59 Å². The van der Waals surface area contributed by atoms with Crippen LogP contribution in [0, 0.1) is 0 Å². The van der Waals surface area contributed by atoms with Crippen molar-refractivity contribution in [2.24, 2.45) is 0 Å². The van der Waals surface area contributed by atoms with Gasteiger partial charge in [0.05, 0.1) is 21.3 Å². The molecular formula is C22H29N3O5. The summed E-state index contributed by atoms with van der Waals surface area (Å²) < 4.78 is 15.9. The van der Waals surface area contributed by atoms with E-state index in [4.69, 9.17) is 14.2 Å². The molecule has 2 aromatic rings. The molecule has 0 aromatic heterocycles. The second-order valence-electron chi connectivity index (χ2n) is 6.73. The molecule has 0 unspecified atom stereocenters. The molecule has 0 radical (unpaired) electrons. The molecule has 0 aliphatic heterocycles. The van der Waals surface area contributed by atoms with Crippen molar-refractivity contribution in [2.45, 2.75) is 13.0 Å². The van der Waals surface area contributed by atoms with Crippen molar-refractivity contribution < 1.29 is 23.8 Å². The van der Waals surface area contributed by atoms with Crippen molar-refractivity contribution in [2.75, 3.05) is 47.3 Å². The highest BCUT2D eigenvalue weighted by Gasteiger charge is 2.15. The van der Waals surface area contributed by atoms with Crippen molar-refractivity contribution in [1.82, 2.24) is 10.2 Å². The van der Waals surface area contributed by atoms with Crippen molar-refractivity contribution in [1.29, 1.82) is 0 Å². The van der Waals surface area contributed by atoms with E-state index in [-0.39, 0.29) is 11.8 Å². The van der Waals surface area contributed by atoms with Gasteiger partial charge in [-0.05, 0) is 24.7 Å². The van der Waals surface area contributed by atoms with Gasteiger partial charge in [0, 0.05) is 49.9 Å². The van der Waals surface area contributed by atoms with Gasteiger partial charge in [-0.2, -0.15) is 0 Å². The molecule has 0 bridgehead atoms. The fourth-order valence-electron chi connectivity index (χ4n) is 2.97. The molecule has 0 atom stereocenters. The number of carbonyl (C=O) groups excluding carboxylic acids is 2. The predicted molar refractivity (Wildman–Crippen MR) is 116 cm³/mol. The first kappa shape index (κ1) is 23.0. The molecule has 0 spiro atoms. The van der Waals surface area contributed by atoms with E-state index in [1.807, 2.05) is 24.1 Å². The van der Waals surface area contributed by atoms with Gasteiger partial charge < -0.3 is 29.7 Å². The lowest BCUT2D eigenvalue weighted by atomic mass is 10.1. The van der Waals surface area contributed by atoms with E-state index in [0.29, 0.717) is 48.0 Å². The van der Waals surface area contributed by atoms with Gasteiger partial charge in [0.1, 0.15) is 0 Å². The van der Waals surface area contributed by atoms with E-state index < -0.39 is 0 Å². The lowest BCUT2D eigenvalue weighted by Crippen LogP contribution is -2.24. The highest BCUT2D eigenvalue weighted by atomic mass is 16.5. The Kier molecular flexibility index (Phi) is 8.49. The number of methoxy groups -OCH3 is 3. The van der Waals surface area contributed by atoms with E-state index in [1.54, 1.807) is 31.3 Å². The minimum atomic E-state index is -0.119. The molecule has 2 N–H and O–H groups in total. The Bertz CT molecular complexity index is 843. The summed E-state index contributed by atoms with van der Waals surface area (Å²) in [5, 5.41) is 5.46. The topological polar surface area (TPSA) is 89.1 Å². The summed E-state index contributed by atoms with van der Waals surface area (Å²) in [5.41, 5.74) is 2.26. The number of amides is 2. The first-order valence-corrected chi connectivity index (χ1v) is 9.51. The predicted octanol–water partition coefficient (Wildman–Crippen LogP) is 2.53. The van der Waals surface area contributed by atoms with Crippen molar-refractivity contribution in [3.05, 3.63) is 47.5 Å². The van der Waals surface area contributed by atoms with E-state index in [0.717, 1.165) is 5.56 Å². The molecule has 2 aromatic carbocycles. The first-order valence-electron chi connectivity index (χ1n) is 9.51. The summed E-state index contributed by atoms with van der Waals surface area (Å²) in [5.74, 6) is 1.19. The largest absolute Gasteiger partial charge is 0.493 e. The van der Waals surface area contributed by atoms with Gasteiger partial charge in [-0.25, -0.2) is 0 Å². The Labute approximate surface area is 177 Å². The standard InChI is InChI=1S/C22H29N3O5/c1-23-22(27)16-8-6-15(7-9-16)14-25(2)11-10-20(26)24-17-12-18(28-3)21(30-5)19(13-17)29-4/h6-9,12-13H,10-11,14H2,1-5H3,(H,23,27)(H,24,26). The van der Waals surface area contributed by atoms with Crippen molar-refractivity contribution >= 4 is 17.5 Å². The maximum Gasteiger partial charge on any atom is 0.251 e. The maximum atomic E-state index is 12.4. The zero-order chi connectivity index (χ0) is 22.1. The molecule has 0 saturated carbocycles. The fourth-order valence-corrected chi connectivity index (χ4v) is 2.97. The van der Waals surface area contributed by atoms with Crippen LogP contribution in [0.1, 0.15) is 22.3 Å². The van der Waals surface area contributed by atoms with E-state index in [9.17, 15) is 9.59 Å². The van der Waals surface area contributed by atoms with Crippen LogP contribution in [0.5, 0.6) is 17.2 Å². The quantitative estimate of drug-likeness (QED) is 0.620. The smallest absolute Gasteiger partial charge is 0.251 e. The number of hydrogen-bond donors (Lipinski definition) is 2. The average molecular weight is 415 g/mol. The Morgan fingerprint density at radius 2 is 1.57 bits per heavy atom. The number of nitrogens with one attached hydrogen (secondary N) is 2. The number of carbonyl (C=O) groups is 2. The zero-order valence-corrected chi connectivity index (χ0v) is 18.1. The van der Waals surface area contributed by atoms with Gasteiger partial charge in [0.2, 0.25) is 11.7 Å². The van der Waals surface area contributed by atoms with Crippen LogP contribution in [-0.2, 0) is 11.3 Å². The van der Waals surface area contributed by atoms with Gasteiger partial charge in [-0.1, -0.05) is 12.1 Å². The lowest BCUT2D eigenvalue weighted by molar-refractivity contribution is -0.116. The first-order chi connectivity index (χ1) is 14.4. The molecule has 0 aliphatic rings. The van der Waals surface area contributed by atoms with Gasteiger partial charge in [0.15, 0.2) is 11.5 Å². The number of hydrogen-bond acceptors (Lipinski definition) is 6.